The fourth-order valence-electron chi connectivity index (χ4n) is 11.1. The molecular formula is C64H55N8OP. The van der Waals surface area contributed by atoms with E-state index in [9.17, 15) is 4.79 Å². The highest BCUT2D eigenvalue weighted by molar-refractivity contribution is 7.81. The molecule has 6 N–H and O–H groups in total. The Balaban J connectivity index is 0.732. The van der Waals surface area contributed by atoms with Gasteiger partial charge in [-0.3, -0.25) is 4.79 Å². The summed E-state index contributed by atoms with van der Waals surface area (Å²) < 4.78 is 4.33. The van der Waals surface area contributed by atoms with Gasteiger partial charge in [-0.25, -0.2) is 0 Å². The number of H-pyrrole nitrogens is 1. The zero-order valence-electron chi connectivity index (χ0n) is 42.0. The number of nitrogen functional groups attached to an aromatic ring is 2. The summed E-state index contributed by atoms with van der Waals surface area (Å²) in [5.74, 6) is 0. The van der Waals surface area contributed by atoms with Crippen LogP contribution in [0, 0.1) is 19.1 Å². The second-order valence-electron chi connectivity index (χ2n) is 19.7. The monoisotopic (exact) mass is 982 g/mol. The van der Waals surface area contributed by atoms with E-state index >= 15 is 0 Å². The highest BCUT2D eigenvalue weighted by atomic mass is 31.1. The minimum atomic E-state index is -1.16. The van der Waals surface area contributed by atoms with Crippen LogP contribution < -0.4 is 42.6 Å². The number of hydrogen-bond acceptors (Lipinski definition) is 5. The number of aromatic nitrogens is 3. The maximum absolute atomic E-state index is 13.6. The number of nitrogens with one attached hydrogen (secondary N) is 2. The Hall–Kier alpha value is -8.96. The molecule has 0 fully saturated rings. The predicted octanol–water partition coefficient (Wildman–Crippen LogP) is 12.5. The van der Waals surface area contributed by atoms with E-state index in [1.807, 2.05) is 67.3 Å². The molecule has 1 aliphatic rings. The Kier molecular flexibility index (Phi) is 11.0. The summed E-state index contributed by atoms with van der Waals surface area (Å²) >= 11 is 0. The molecule has 1 atom stereocenters. The number of carbonyl (C=O) groups is 1. The van der Waals surface area contributed by atoms with Gasteiger partial charge in [-0.2, -0.15) is 0 Å². The minimum Gasteiger partial charge on any atom is -0.399 e. The molecule has 1 unspecified atom stereocenters. The van der Waals surface area contributed by atoms with Gasteiger partial charge in [0.05, 0.1) is 16.6 Å². The zero-order valence-corrected chi connectivity index (χ0v) is 42.9. The summed E-state index contributed by atoms with van der Waals surface area (Å²) in [4.78, 5) is 21.5. The lowest BCUT2D eigenvalue weighted by molar-refractivity contribution is 0.269. The molecule has 4 heterocycles. The first-order chi connectivity index (χ1) is 35.7. The summed E-state index contributed by atoms with van der Waals surface area (Å²) in [6, 6.07) is 55.1. The van der Waals surface area contributed by atoms with Crippen molar-refractivity contribution in [2.75, 3.05) is 46.8 Å². The normalized spacial score (nSPS) is 13.0. The number of rotatable bonds is 10. The van der Waals surface area contributed by atoms with Crippen LogP contribution in [0.25, 0.3) is 84.6 Å². The molecule has 1 amide bonds. The van der Waals surface area contributed by atoms with Crippen molar-refractivity contribution in [1.29, 1.82) is 0 Å². The summed E-state index contributed by atoms with van der Waals surface area (Å²) in [7, 11) is 2.99. The van der Waals surface area contributed by atoms with Crippen LogP contribution in [0.2, 0.25) is 0 Å². The standard InChI is InChI=1S/C64H55N8OP/c1-37-29-45(63-41(5)72(40(4)58(63)30-37)50-17-20-52(21-18-50)74(8)64(73)67-48-14-25-55-54-23-12-46(65)33-59(54)68-60(55)35-48)32-42-9-22-53-39(3)71(28-27-44(53)31-42)49-15-10-43(11-16-49)38(2)69(6)51-19-26-57-56-24-13-47(66)34-61(56)70(7)62(57)36-51/h10-21,23-26,29-31,33-36,68H,2-5,27-28,32,65-66H2,1,6-8H3,(H,67,73). The van der Waals surface area contributed by atoms with E-state index in [1.165, 1.54) is 21.9 Å². The van der Waals surface area contributed by atoms with E-state index in [0.29, 0.717) is 12.1 Å². The molecular weight excluding hydrogens is 928 g/mol. The minimum absolute atomic E-state index is 0.0238. The molecule has 10 heteroatoms. The van der Waals surface area contributed by atoms with Crippen LogP contribution in [0.1, 0.15) is 33.4 Å². The van der Waals surface area contributed by atoms with E-state index in [1.54, 1.807) is 0 Å². The van der Waals surface area contributed by atoms with Crippen molar-refractivity contribution < 1.29 is 4.79 Å². The number of aryl methyl sites for hydroxylation is 2. The number of nitrogens with zero attached hydrogens (tertiary/aromatic N) is 4. The SMILES string of the molecule is C=C(c1ccc(N2CCc3cc(Cc4cc(C)cc5c(=C)n(-c6ccc(P(C)C(=O)Nc7ccc8c(c7)[nH]c7cc(N)ccc78)cc6)c(=C)c45)c#cc3C2=C)cc1)N(C)c1ccc2c3ccc(N)cc3n(C)c2c1. The van der Waals surface area contributed by atoms with E-state index in [4.69, 9.17) is 11.5 Å². The molecule has 0 radical (unpaired) electrons. The highest BCUT2D eigenvalue weighted by Gasteiger charge is 2.23. The first kappa shape index (κ1) is 46.1. The molecule has 3 aromatic heterocycles. The zero-order chi connectivity index (χ0) is 51.3. The second-order valence-corrected chi connectivity index (χ2v) is 21.7. The smallest absolute Gasteiger partial charge is 0.249 e. The van der Waals surface area contributed by atoms with Gasteiger partial charge < -0.3 is 40.7 Å². The van der Waals surface area contributed by atoms with Crippen molar-refractivity contribution in [3.63, 3.8) is 0 Å². The third kappa shape index (κ3) is 7.74. The van der Waals surface area contributed by atoms with E-state index in [0.717, 1.165) is 135 Å². The van der Waals surface area contributed by atoms with E-state index < -0.39 is 7.92 Å². The largest absolute Gasteiger partial charge is 0.399 e. The van der Waals surface area contributed by atoms with Gasteiger partial charge in [-0.15, -0.1) is 0 Å². The lowest BCUT2D eigenvalue weighted by atomic mass is 9.93. The van der Waals surface area contributed by atoms with E-state index in [-0.39, 0.29) is 5.65 Å². The third-order valence-corrected chi connectivity index (χ3v) is 16.9. The Morgan fingerprint density at radius 1 is 0.743 bits per heavy atom. The van der Waals surface area contributed by atoms with Crippen LogP contribution in [-0.4, -0.2) is 40.0 Å². The van der Waals surface area contributed by atoms with Gasteiger partial charge in [0.15, 0.2) is 0 Å². The molecule has 0 spiro atoms. The van der Waals surface area contributed by atoms with Crippen LogP contribution >= 0.6 is 7.92 Å². The maximum Gasteiger partial charge on any atom is 0.249 e. The summed E-state index contributed by atoms with van der Waals surface area (Å²) in [6.45, 7) is 23.2. The average Bonchev–Trinajstić information content (AvgIpc) is 3.99. The number of aromatic amines is 1. The van der Waals surface area contributed by atoms with Crippen LogP contribution in [0.5, 0.6) is 0 Å². The second kappa shape index (κ2) is 17.7. The third-order valence-electron chi connectivity index (χ3n) is 15.1. The molecule has 9 nitrogen and oxygen atoms in total. The molecule has 8 aromatic carbocycles. The number of nitrogens with two attached hydrogens (primary N) is 2. The van der Waals surface area contributed by atoms with E-state index in [2.05, 4.69) is 168 Å². The van der Waals surface area contributed by atoms with Crippen molar-refractivity contribution in [1.82, 2.24) is 14.1 Å². The lowest BCUT2D eigenvalue weighted by Gasteiger charge is -2.32. The van der Waals surface area contributed by atoms with Gasteiger partial charge in [0.2, 0.25) is 5.65 Å². The van der Waals surface area contributed by atoms with Gasteiger partial charge in [0.1, 0.15) is 0 Å². The number of hydrogen-bond donors (Lipinski definition) is 4. The van der Waals surface area contributed by atoms with Crippen molar-refractivity contribution in [3.8, 4) is 5.69 Å². The van der Waals surface area contributed by atoms with Crippen molar-refractivity contribution in [3.05, 3.63) is 209 Å². The number of fused-ring (bicyclic) bond motifs is 8. The van der Waals surface area contributed by atoms with Crippen LogP contribution in [0.3, 0.4) is 0 Å². The molecule has 0 aliphatic carbocycles. The Bertz CT molecular complexity index is 4270. The van der Waals surface area contributed by atoms with Crippen molar-refractivity contribution >= 4 is 126 Å². The summed E-state index contributed by atoms with van der Waals surface area (Å²) in [6.07, 6.45) is 1.52. The van der Waals surface area contributed by atoms with Crippen molar-refractivity contribution in [2.24, 2.45) is 7.05 Å². The fourth-order valence-corrected chi connectivity index (χ4v) is 12.2. The van der Waals surface area contributed by atoms with Gasteiger partial charge in [0, 0.05) is 140 Å². The highest BCUT2D eigenvalue weighted by Crippen LogP contribution is 2.38. The number of amides is 1. The topological polar surface area (TPSA) is 113 Å². The molecule has 0 bridgehead atoms. The quantitative estimate of drug-likeness (QED) is 0.0805. The molecule has 0 saturated carbocycles. The molecule has 74 heavy (non-hydrogen) atoms. The molecule has 0 saturated heterocycles. The Morgan fingerprint density at radius 3 is 2.16 bits per heavy atom. The van der Waals surface area contributed by atoms with Gasteiger partial charge in [0.25, 0.3) is 0 Å². The fraction of sp³-hybridized carbons (Fsp3) is 0.109. The van der Waals surface area contributed by atoms with Crippen molar-refractivity contribution in [2.45, 2.75) is 19.8 Å². The number of carbonyl (C=O) groups excluding carboxylic acids is 1. The van der Waals surface area contributed by atoms with Crippen LogP contribution in [0.15, 0.2) is 153 Å². The molecule has 12 rings (SSSR count). The molecule has 1 aliphatic heterocycles. The molecule has 11 aromatic rings. The maximum atomic E-state index is 13.6. The first-order valence-corrected chi connectivity index (χ1v) is 26.5. The first-order valence-electron chi connectivity index (χ1n) is 24.7. The Labute approximate surface area is 431 Å². The summed E-state index contributed by atoms with van der Waals surface area (Å²) in [5, 5.41) is 12.6. The molecule has 362 valence electrons. The average molecular weight is 983 g/mol. The lowest BCUT2D eigenvalue weighted by Crippen LogP contribution is -2.28. The predicted molar refractivity (Wildman–Crippen MR) is 316 cm³/mol. The summed E-state index contributed by atoms with van der Waals surface area (Å²) in [5.41, 5.74) is 30.1. The van der Waals surface area contributed by atoms with Crippen LogP contribution in [0.4, 0.5) is 33.2 Å². The van der Waals surface area contributed by atoms with Gasteiger partial charge in [-0.1, -0.05) is 98.6 Å². The van der Waals surface area contributed by atoms with Crippen LogP contribution in [-0.2, 0) is 19.9 Å². The Morgan fingerprint density at radius 2 is 1.41 bits per heavy atom. The number of anilines is 5. The number of benzene rings is 7. The van der Waals surface area contributed by atoms with Gasteiger partial charge >= 0.3 is 0 Å². The van der Waals surface area contributed by atoms with Gasteiger partial charge in [-0.05, 0) is 127 Å².